The molecule has 1 fully saturated rings. The molecule has 2 heterocycles. The zero-order valence-corrected chi connectivity index (χ0v) is 10.0. The van der Waals surface area contributed by atoms with E-state index in [1.165, 1.54) is 0 Å². The molecule has 1 aliphatic rings. The van der Waals surface area contributed by atoms with Crippen LogP contribution in [-0.2, 0) is 11.3 Å². The number of H-pyrrole nitrogens is 1. The van der Waals surface area contributed by atoms with Crippen LogP contribution in [0.15, 0.2) is 0 Å². The molecule has 0 unspecified atom stereocenters. The second kappa shape index (κ2) is 4.45. The van der Waals surface area contributed by atoms with Gasteiger partial charge in [-0.15, -0.1) is 0 Å². The second-order valence-corrected chi connectivity index (χ2v) is 4.67. The Bertz CT molecular complexity index is 376. The lowest BCUT2D eigenvalue weighted by atomic mass is 10.2. The highest BCUT2D eigenvalue weighted by molar-refractivity contribution is 7.71. The van der Waals surface area contributed by atoms with Gasteiger partial charge >= 0.3 is 0 Å². The summed E-state index contributed by atoms with van der Waals surface area (Å²) >= 11 is 5.22. The summed E-state index contributed by atoms with van der Waals surface area (Å²) in [5.74, 6) is 1.41. The molecular weight excluding hydrogens is 210 g/mol. The molecule has 2 rings (SSSR count). The molecule has 15 heavy (non-hydrogen) atoms. The summed E-state index contributed by atoms with van der Waals surface area (Å²) in [5, 5.41) is 7.10. The molecule has 5 heteroatoms. The highest BCUT2D eigenvalue weighted by atomic mass is 32.1. The van der Waals surface area contributed by atoms with E-state index in [0.29, 0.717) is 16.8 Å². The molecule has 0 saturated carbocycles. The molecule has 1 aliphatic heterocycles. The van der Waals surface area contributed by atoms with Gasteiger partial charge in [0.15, 0.2) is 4.77 Å². The lowest BCUT2D eigenvalue weighted by molar-refractivity contribution is 0.0957. The number of hydrogen-bond acceptors (Lipinski definition) is 3. The van der Waals surface area contributed by atoms with Gasteiger partial charge in [-0.2, -0.15) is 5.10 Å². The van der Waals surface area contributed by atoms with E-state index < -0.39 is 0 Å². The molecule has 0 radical (unpaired) electrons. The van der Waals surface area contributed by atoms with Gasteiger partial charge in [-0.05, 0) is 25.1 Å². The van der Waals surface area contributed by atoms with Crippen LogP contribution in [0.1, 0.15) is 38.4 Å². The molecule has 1 N–H and O–H groups in total. The summed E-state index contributed by atoms with van der Waals surface area (Å²) < 4.78 is 8.38. The van der Waals surface area contributed by atoms with Crippen molar-refractivity contribution in [2.75, 3.05) is 6.61 Å². The number of aromatic amines is 1. The molecule has 0 spiro atoms. The molecule has 1 saturated heterocycles. The van der Waals surface area contributed by atoms with Gasteiger partial charge in [0.1, 0.15) is 5.82 Å². The van der Waals surface area contributed by atoms with Gasteiger partial charge in [-0.3, -0.25) is 5.10 Å². The number of hydrogen-bond donors (Lipinski definition) is 1. The van der Waals surface area contributed by atoms with Gasteiger partial charge < -0.3 is 9.30 Å². The Balaban J connectivity index is 2.18. The fourth-order valence-corrected chi connectivity index (χ4v) is 2.15. The molecule has 84 valence electrons. The normalized spacial score (nSPS) is 21.4. The van der Waals surface area contributed by atoms with Crippen LogP contribution in [0, 0.1) is 4.77 Å². The van der Waals surface area contributed by atoms with E-state index in [0.717, 1.165) is 31.8 Å². The molecule has 0 bridgehead atoms. The standard InChI is InChI=1S/C10H17N3OS/c1-7(2)9-11-12-10(15)13(9)6-8-4-3-5-14-8/h7-8H,3-6H2,1-2H3,(H,12,15)/t8-/m1/s1. The van der Waals surface area contributed by atoms with Crippen molar-refractivity contribution in [3.63, 3.8) is 0 Å². The number of nitrogens with one attached hydrogen (secondary N) is 1. The van der Waals surface area contributed by atoms with E-state index in [-0.39, 0.29) is 0 Å². The van der Waals surface area contributed by atoms with Crippen molar-refractivity contribution < 1.29 is 4.74 Å². The molecule has 1 aromatic rings. The minimum atomic E-state index is 0.312. The fraction of sp³-hybridized carbons (Fsp3) is 0.800. The van der Waals surface area contributed by atoms with Crippen LogP contribution in [0.4, 0.5) is 0 Å². The van der Waals surface area contributed by atoms with Crippen LogP contribution in [0.2, 0.25) is 0 Å². The zero-order valence-electron chi connectivity index (χ0n) is 9.19. The largest absolute Gasteiger partial charge is 0.376 e. The maximum atomic E-state index is 5.61. The van der Waals surface area contributed by atoms with E-state index in [9.17, 15) is 0 Å². The van der Waals surface area contributed by atoms with E-state index in [2.05, 4.69) is 28.6 Å². The Labute approximate surface area is 94.6 Å². The van der Waals surface area contributed by atoms with Gasteiger partial charge in [-0.1, -0.05) is 13.8 Å². The summed E-state index contributed by atoms with van der Waals surface area (Å²) in [4.78, 5) is 0. The van der Waals surface area contributed by atoms with Crippen molar-refractivity contribution in [3.05, 3.63) is 10.6 Å². The smallest absolute Gasteiger partial charge is 0.195 e. The Kier molecular flexibility index (Phi) is 3.21. The topological polar surface area (TPSA) is 42.8 Å². The monoisotopic (exact) mass is 227 g/mol. The summed E-state index contributed by atoms with van der Waals surface area (Å²) in [6.07, 6.45) is 2.60. The molecule has 0 aliphatic carbocycles. The van der Waals surface area contributed by atoms with Gasteiger partial charge in [0.2, 0.25) is 0 Å². The Morgan fingerprint density at radius 3 is 3.07 bits per heavy atom. The number of ether oxygens (including phenoxy) is 1. The molecular formula is C10H17N3OS. The minimum Gasteiger partial charge on any atom is -0.376 e. The highest BCUT2D eigenvalue weighted by Gasteiger charge is 2.19. The van der Waals surface area contributed by atoms with Crippen molar-refractivity contribution in [2.45, 2.75) is 45.3 Å². The fourth-order valence-electron chi connectivity index (χ4n) is 1.94. The first-order valence-corrected chi connectivity index (χ1v) is 5.86. The third-order valence-corrected chi connectivity index (χ3v) is 3.03. The molecule has 1 aromatic heterocycles. The SMILES string of the molecule is CC(C)c1n[nH]c(=S)n1C[C@H]1CCCO1. The van der Waals surface area contributed by atoms with Gasteiger partial charge in [0.05, 0.1) is 12.6 Å². The van der Waals surface area contributed by atoms with E-state index in [1.54, 1.807) is 0 Å². The third-order valence-electron chi connectivity index (χ3n) is 2.71. The Morgan fingerprint density at radius 2 is 2.47 bits per heavy atom. The van der Waals surface area contributed by atoms with Crippen LogP contribution < -0.4 is 0 Å². The van der Waals surface area contributed by atoms with Crippen LogP contribution in [-0.4, -0.2) is 27.5 Å². The third kappa shape index (κ3) is 2.29. The maximum Gasteiger partial charge on any atom is 0.195 e. The van der Waals surface area contributed by atoms with Crippen molar-refractivity contribution in [2.24, 2.45) is 0 Å². The average molecular weight is 227 g/mol. The first-order chi connectivity index (χ1) is 7.18. The van der Waals surface area contributed by atoms with Crippen molar-refractivity contribution in [1.29, 1.82) is 0 Å². The predicted octanol–water partition coefficient (Wildman–Crippen LogP) is 2.24. The van der Waals surface area contributed by atoms with Crippen LogP contribution in [0.3, 0.4) is 0 Å². The van der Waals surface area contributed by atoms with Crippen LogP contribution in [0.25, 0.3) is 0 Å². The molecule has 0 amide bonds. The average Bonchev–Trinajstić information content (AvgIpc) is 2.78. The predicted molar refractivity (Wildman–Crippen MR) is 60.5 cm³/mol. The second-order valence-electron chi connectivity index (χ2n) is 4.29. The summed E-state index contributed by atoms with van der Waals surface area (Å²) in [6, 6.07) is 0. The molecule has 1 atom stereocenters. The van der Waals surface area contributed by atoms with E-state index >= 15 is 0 Å². The van der Waals surface area contributed by atoms with Crippen LogP contribution in [0.5, 0.6) is 0 Å². The highest BCUT2D eigenvalue weighted by Crippen LogP contribution is 2.17. The van der Waals surface area contributed by atoms with Crippen molar-refractivity contribution >= 4 is 12.2 Å². The molecule has 4 nitrogen and oxygen atoms in total. The van der Waals surface area contributed by atoms with Gasteiger partial charge in [0, 0.05) is 12.5 Å². The van der Waals surface area contributed by atoms with Crippen LogP contribution >= 0.6 is 12.2 Å². The maximum absolute atomic E-state index is 5.61. The van der Waals surface area contributed by atoms with Gasteiger partial charge in [0.25, 0.3) is 0 Å². The van der Waals surface area contributed by atoms with E-state index in [4.69, 9.17) is 17.0 Å². The number of nitrogens with zero attached hydrogens (tertiary/aromatic N) is 2. The number of rotatable bonds is 3. The summed E-state index contributed by atoms with van der Waals surface area (Å²) in [7, 11) is 0. The Hall–Kier alpha value is -0.680. The first-order valence-electron chi connectivity index (χ1n) is 5.45. The minimum absolute atomic E-state index is 0.312. The van der Waals surface area contributed by atoms with Gasteiger partial charge in [-0.25, -0.2) is 0 Å². The first kappa shape index (κ1) is 10.8. The summed E-state index contributed by atoms with van der Waals surface area (Å²) in [6.45, 7) is 5.96. The Morgan fingerprint density at radius 1 is 1.67 bits per heavy atom. The van der Waals surface area contributed by atoms with Crippen molar-refractivity contribution in [1.82, 2.24) is 14.8 Å². The quantitative estimate of drug-likeness (QED) is 0.805. The van der Waals surface area contributed by atoms with Crippen molar-refractivity contribution in [3.8, 4) is 0 Å². The lowest BCUT2D eigenvalue weighted by Gasteiger charge is -2.13. The lowest BCUT2D eigenvalue weighted by Crippen LogP contribution is -2.17. The molecule has 0 aromatic carbocycles. The van der Waals surface area contributed by atoms with E-state index in [1.807, 2.05) is 0 Å². The number of aromatic nitrogens is 3. The zero-order chi connectivity index (χ0) is 10.8. The summed E-state index contributed by atoms with van der Waals surface area (Å²) in [5.41, 5.74) is 0.